The van der Waals surface area contributed by atoms with Crippen LogP contribution >= 0.6 is 0 Å². The van der Waals surface area contributed by atoms with E-state index in [1.807, 2.05) is 0 Å². The van der Waals surface area contributed by atoms with Crippen LogP contribution in [0.5, 0.6) is 5.75 Å². The van der Waals surface area contributed by atoms with Crippen LogP contribution in [0, 0.1) is 0 Å². The molecule has 0 N–H and O–H groups in total. The Morgan fingerprint density at radius 1 is 1.31 bits per heavy atom. The Hall–Kier alpha value is -1.65. The molecule has 3 nitrogen and oxygen atoms in total. The molecule has 1 saturated heterocycles. The number of carbonyl (C=O) groups is 1. The normalized spacial score (nSPS) is 14.8. The highest BCUT2D eigenvalue weighted by molar-refractivity contribution is 5.97. The second kappa shape index (κ2) is 4.47. The fourth-order valence-corrected chi connectivity index (χ4v) is 1.53. The summed E-state index contributed by atoms with van der Waals surface area (Å²) in [4.78, 5) is 13.4. The highest BCUT2D eigenvalue weighted by Crippen LogP contribution is 2.23. The second-order valence-corrected chi connectivity index (χ2v) is 3.52. The van der Waals surface area contributed by atoms with Crippen molar-refractivity contribution in [2.24, 2.45) is 0 Å². The highest BCUT2D eigenvalue weighted by Gasteiger charge is 2.24. The van der Waals surface area contributed by atoms with Gasteiger partial charge in [-0.1, -0.05) is 12.1 Å². The minimum Gasteiger partial charge on any atom is -0.434 e. The van der Waals surface area contributed by atoms with Crippen molar-refractivity contribution >= 4 is 5.91 Å². The minimum absolute atomic E-state index is 0.0607. The molecule has 86 valence electrons. The Balaban J connectivity index is 2.21. The lowest BCUT2D eigenvalue weighted by molar-refractivity contribution is -0.0503. The Kier molecular flexibility index (Phi) is 3.03. The van der Waals surface area contributed by atoms with Gasteiger partial charge in [-0.25, -0.2) is 0 Å². The minimum atomic E-state index is -2.91. The molecule has 1 aromatic rings. The predicted molar refractivity (Wildman–Crippen MR) is 53.6 cm³/mol. The van der Waals surface area contributed by atoms with Crippen LogP contribution in [0.15, 0.2) is 24.3 Å². The SMILES string of the molecule is O=C(c1ccccc1OC(F)F)N1CCC1. The van der Waals surface area contributed by atoms with Crippen LogP contribution in [0.4, 0.5) is 8.78 Å². The second-order valence-electron chi connectivity index (χ2n) is 3.52. The van der Waals surface area contributed by atoms with E-state index in [-0.39, 0.29) is 17.2 Å². The predicted octanol–water partition coefficient (Wildman–Crippen LogP) is 2.13. The van der Waals surface area contributed by atoms with E-state index < -0.39 is 6.61 Å². The largest absolute Gasteiger partial charge is 0.434 e. The monoisotopic (exact) mass is 227 g/mol. The first-order valence-corrected chi connectivity index (χ1v) is 5.01. The lowest BCUT2D eigenvalue weighted by atomic mass is 10.1. The van der Waals surface area contributed by atoms with Gasteiger partial charge in [-0.05, 0) is 18.6 Å². The summed E-state index contributed by atoms with van der Waals surface area (Å²) in [5, 5.41) is 0. The average molecular weight is 227 g/mol. The zero-order valence-corrected chi connectivity index (χ0v) is 8.53. The number of carbonyl (C=O) groups excluding carboxylic acids is 1. The molecule has 0 unspecified atom stereocenters. The number of hydrogen-bond donors (Lipinski definition) is 0. The van der Waals surface area contributed by atoms with Crippen molar-refractivity contribution in [1.29, 1.82) is 0 Å². The van der Waals surface area contributed by atoms with E-state index in [0.717, 1.165) is 6.42 Å². The smallest absolute Gasteiger partial charge is 0.387 e. The maximum absolute atomic E-state index is 12.1. The van der Waals surface area contributed by atoms with Crippen molar-refractivity contribution in [2.45, 2.75) is 13.0 Å². The number of nitrogens with zero attached hydrogens (tertiary/aromatic N) is 1. The number of likely N-dealkylation sites (tertiary alicyclic amines) is 1. The van der Waals surface area contributed by atoms with Gasteiger partial charge in [0.05, 0.1) is 5.56 Å². The van der Waals surface area contributed by atoms with E-state index in [1.165, 1.54) is 12.1 Å². The molecule has 1 aliphatic rings. The number of hydrogen-bond acceptors (Lipinski definition) is 2. The highest BCUT2D eigenvalue weighted by atomic mass is 19.3. The number of ether oxygens (including phenoxy) is 1. The lowest BCUT2D eigenvalue weighted by Gasteiger charge is -2.31. The van der Waals surface area contributed by atoms with Gasteiger partial charge >= 0.3 is 6.61 Å². The van der Waals surface area contributed by atoms with Crippen LogP contribution in [0.1, 0.15) is 16.8 Å². The summed E-state index contributed by atoms with van der Waals surface area (Å²) in [5.41, 5.74) is 0.197. The van der Waals surface area contributed by atoms with Gasteiger partial charge in [0.1, 0.15) is 5.75 Å². The maximum Gasteiger partial charge on any atom is 0.387 e. The molecule has 0 saturated carbocycles. The zero-order valence-electron chi connectivity index (χ0n) is 8.53. The molecule has 1 aromatic carbocycles. The quantitative estimate of drug-likeness (QED) is 0.791. The first-order valence-electron chi connectivity index (χ1n) is 5.01. The molecular formula is C11H11F2NO2. The molecular weight excluding hydrogens is 216 g/mol. The van der Waals surface area contributed by atoms with Crippen molar-refractivity contribution in [2.75, 3.05) is 13.1 Å². The van der Waals surface area contributed by atoms with Crippen LogP contribution < -0.4 is 4.74 Å². The number of amides is 1. The zero-order chi connectivity index (χ0) is 11.5. The summed E-state index contributed by atoms with van der Waals surface area (Å²) in [6.07, 6.45) is 0.962. The lowest BCUT2D eigenvalue weighted by Crippen LogP contribution is -2.42. The number of halogens is 2. The van der Waals surface area contributed by atoms with Crippen molar-refractivity contribution in [3.8, 4) is 5.75 Å². The Labute approximate surface area is 91.6 Å². The van der Waals surface area contributed by atoms with Gasteiger partial charge < -0.3 is 9.64 Å². The van der Waals surface area contributed by atoms with E-state index in [1.54, 1.807) is 17.0 Å². The first-order chi connectivity index (χ1) is 7.68. The third-order valence-electron chi connectivity index (χ3n) is 2.48. The van der Waals surface area contributed by atoms with Crippen LogP contribution in [0.25, 0.3) is 0 Å². The molecule has 1 fully saturated rings. The van der Waals surface area contributed by atoms with E-state index in [4.69, 9.17) is 0 Å². The maximum atomic E-state index is 12.1. The van der Waals surface area contributed by atoms with Gasteiger partial charge in [0.25, 0.3) is 5.91 Å². The summed E-state index contributed by atoms with van der Waals surface area (Å²) < 4.78 is 28.5. The summed E-state index contributed by atoms with van der Waals surface area (Å²) in [6, 6.07) is 6.06. The van der Waals surface area contributed by atoms with Crippen molar-refractivity contribution in [3.05, 3.63) is 29.8 Å². The standard InChI is InChI=1S/C11H11F2NO2/c12-11(13)16-9-5-2-1-4-8(9)10(15)14-6-3-7-14/h1-2,4-5,11H,3,6-7H2. The molecule has 0 radical (unpaired) electrons. The van der Waals surface area contributed by atoms with E-state index in [2.05, 4.69) is 4.74 Å². The molecule has 1 amide bonds. The summed E-state index contributed by atoms with van der Waals surface area (Å²) in [7, 11) is 0. The average Bonchev–Trinajstić information content (AvgIpc) is 2.14. The molecule has 5 heteroatoms. The molecule has 0 atom stereocenters. The summed E-state index contributed by atoms with van der Waals surface area (Å²) in [6.45, 7) is -1.55. The van der Waals surface area contributed by atoms with Gasteiger partial charge in [0.15, 0.2) is 0 Å². The third-order valence-corrected chi connectivity index (χ3v) is 2.48. The molecule has 0 bridgehead atoms. The number of alkyl halides is 2. The van der Waals surface area contributed by atoms with E-state index in [9.17, 15) is 13.6 Å². The molecule has 1 aliphatic heterocycles. The fraction of sp³-hybridized carbons (Fsp3) is 0.364. The van der Waals surface area contributed by atoms with Crippen LogP contribution in [-0.4, -0.2) is 30.5 Å². The van der Waals surface area contributed by atoms with Gasteiger partial charge in [0.2, 0.25) is 0 Å². The van der Waals surface area contributed by atoms with E-state index in [0.29, 0.717) is 13.1 Å². The summed E-state index contributed by atoms with van der Waals surface area (Å²) in [5.74, 6) is -0.308. The topological polar surface area (TPSA) is 29.5 Å². The number of para-hydroxylation sites is 1. The Morgan fingerprint density at radius 3 is 2.56 bits per heavy atom. The molecule has 2 rings (SSSR count). The van der Waals surface area contributed by atoms with Crippen molar-refractivity contribution in [1.82, 2.24) is 4.90 Å². The molecule has 0 aliphatic carbocycles. The van der Waals surface area contributed by atoms with Gasteiger partial charge in [-0.3, -0.25) is 4.79 Å². The molecule has 0 aromatic heterocycles. The van der Waals surface area contributed by atoms with Crippen LogP contribution in [-0.2, 0) is 0 Å². The van der Waals surface area contributed by atoms with E-state index >= 15 is 0 Å². The number of benzene rings is 1. The third kappa shape index (κ3) is 2.13. The van der Waals surface area contributed by atoms with Crippen LogP contribution in [0.2, 0.25) is 0 Å². The Morgan fingerprint density at radius 2 is 2.00 bits per heavy atom. The van der Waals surface area contributed by atoms with Crippen LogP contribution in [0.3, 0.4) is 0 Å². The molecule has 1 heterocycles. The van der Waals surface area contributed by atoms with Gasteiger partial charge in [-0.15, -0.1) is 0 Å². The summed E-state index contributed by atoms with van der Waals surface area (Å²) >= 11 is 0. The van der Waals surface area contributed by atoms with Gasteiger partial charge in [-0.2, -0.15) is 8.78 Å². The van der Waals surface area contributed by atoms with Gasteiger partial charge in [0, 0.05) is 13.1 Å². The molecule has 16 heavy (non-hydrogen) atoms. The van der Waals surface area contributed by atoms with Crippen molar-refractivity contribution in [3.63, 3.8) is 0 Å². The molecule has 0 spiro atoms. The number of rotatable bonds is 3. The van der Waals surface area contributed by atoms with Crippen molar-refractivity contribution < 1.29 is 18.3 Å². The first kappa shape index (κ1) is 10.9. The Bertz CT molecular complexity index is 391. The fourth-order valence-electron chi connectivity index (χ4n) is 1.53.